The summed E-state index contributed by atoms with van der Waals surface area (Å²) in [5.74, 6) is -0.800. The van der Waals surface area contributed by atoms with E-state index >= 15 is 0 Å². The number of nitrogens with one attached hydrogen (secondary N) is 1. The van der Waals surface area contributed by atoms with Crippen molar-refractivity contribution in [2.45, 2.75) is 45.6 Å². The van der Waals surface area contributed by atoms with E-state index in [1.54, 1.807) is 0 Å². The van der Waals surface area contributed by atoms with E-state index in [0.717, 1.165) is 12.8 Å². The van der Waals surface area contributed by atoms with Gasteiger partial charge in [-0.1, -0.05) is 20.3 Å². The Kier molecular flexibility index (Phi) is 5.59. The molecule has 0 heterocycles. The quantitative estimate of drug-likeness (QED) is 0.660. The number of carbonyl (C=O) groups is 2. The second-order valence-corrected chi connectivity index (χ2v) is 5.62. The minimum Gasteiger partial charge on any atom is -0.481 e. The summed E-state index contributed by atoms with van der Waals surface area (Å²) in [6.45, 7) is 4.47. The van der Waals surface area contributed by atoms with Crippen molar-refractivity contribution >= 4 is 11.9 Å². The normalized spacial score (nSPS) is 25.1. The van der Waals surface area contributed by atoms with E-state index in [-0.39, 0.29) is 17.7 Å². The van der Waals surface area contributed by atoms with Crippen molar-refractivity contribution in [2.75, 3.05) is 6.54 Å². The molecule has 2 unspecified atom stereocenters. The van der Waals surface area contributed by atoms with Crippen LogP contribution in [0.1, 0.15) is 39.5 Å². The number of nitrogens with two attached hydrogens (primary N) is 1. The summed E-state index contributed by atoms with van der Waals surface area (Å²) in [5.41, 5.74) is 5.77. The van der Waals surface area contributed by atoms with Gasteiger partial charge in [0.25, 0.3) is 0 Å². The van der Waals surface area contributed by atoms with Crippen LogP contribution >= 0.6 is 0 Å². The van der Waals surface area contributed by atoms with E-state index in [2.05, 4.69) is 5.32 Å². The van der Waals surface area contributed by atoms with Crippen LogP contribution in [0.2, 0.25) is 0 Å². The van der Waals surface area contributed by atoms with Crippen molar-refractivity contribution < 1.29 is 14.7 Å². The number of hydrogen-bond acceptors (Lipinski definition) is 3. The molecule has 5 nitrogen and oxygen atoms in total. The zero-order valence-electron chi connectivity index (χ0n) is 11.2. The Labute approximate surface area is 108 Å². The molecule has 0 radical (unpaired) electrons. The van der Waals surface area contributed by atoms with E-state index in [0.29, 0.717) is 25.3 Å². The van der Waals surface area contributed by atoms with Crippen molar-refractivity contribution in [1.82, 2.24) is 5.32 Å². The van der Waals surface area contributed by atoms with Gasteiger partial charge in [0.1, 0.15) is 0 Å². The maximum atomic E-state index is 11.7. The standard InChI is InChI=1S/C13H24N2O3/c1-8(2)6-11(14)12(16)15-7-9-4-3-5-10(9)13(17)18/h8-11H,3-7,14H2,1-2H3,(H,15,16)(H,17,18)/t9?,10?,11-/m1/s1. The van der Waals surface area contributed by atoms with Gasteiger partial charge in [0.2, 0.25) is 5.91 Å². The fourth-order valence-corrected chi connectivity index (χ4v) is 2.58. The molecule has 0 aromatic carbocycles. The largest absolute Gasteiger partial charge is 0.481 e. The van der Waals surface area contributed by atoms with Crippen LogP contribution in [-0.4, -0.2) is 29.6 Å². The van der Waals surface area contributed by atoms with E-state index in [1.807, 2.05) is 13.8 Å². The predicted molar refractivity (Wildman–Crippen MR) is 68.9 cm³/mol. The lowest BCUT2D eigenvalue weighted by Gasteiger charge is -2.19. The maximum Gasteiger partial charge on any atom is 0.306 e. The van der Waals surface area contributed by atoms with E-state index in [9.17, 15) is 9.59 Å². The fraction of sp³-hybridized carbons (Fsp3) is 0.846. The molecule has 0 saturated heterocycles. The van der Waals surface area contributed by atoms with Crippen LogP contribution in [0.15, 0.2) is 0 Å². The van der Waals surface area contributed by atoms with Gasteiger partial charge in [-0.3, -0.25) is 9.59 Å². The van der Waals surface area contributed by atoms with E-state index in [1.165, 1.54) is 0 Å². The topological polar surface area (TPSA) is 92.4 Å². The molecule has 1 aliphatic carbocycles. The van der Waals surface area contributed by atoms with Crippen molar-refractivity contribution in [3.8, 4) is 0 Å². The minimum absolute atomic E-state index is 0.0534. The van der Waals surface area contributed by atoms with Crippen molar-refractivity contribution in [1.29, 1.82) is 0 Å². The Hall–Kier alpha value is -1.10. The van der Waals surface area contributed by atoms with Gasteiger partial charge in [0, 0.05) is 6.54 Å². The van der Waals surface area contributed by atoms with E-state index < -0.39 is 12.0 Å². The van der Waals surface area contributed by atoms with Gasteiger partial charge in [-0.05, 0) is 31.1 Å². The summed E-state index contributed by atoms with van der Waals surface area (Å²) in [5, 5.41) is 11.8. The maximum absolute atomic E-state index is 11.7. The first-order chi connectivity index (χ1) is 8.41. The molecule has 1 amide bonds. The number of aliphatic carboxylic acids is 1. The lowest BCUT2D eigenvalue weighted by Crippen LogP contribution is -2.43. The number of carbonyl (C=O) groups excluding carboxylic acids is 1. The van der Waals surface area contributed by atoms with Crippen LogP contribution < -0.4 is 11.1 Å². The van der Waals surface area contributed by atoms with Gasteiger partial charge >= 0.3 is 5.97 Å². The zero-order chi connectivity index (χ0) is 13.7. The first-order valence-corrected chi connectivity index (χ1v) is 6.68. The average molecular weight is 256 g/mol. The third-order valence-electron chi connectivity index (χ3n) is 3.58. The molecule has 5 heteroatoms. The summed E-state index contributed by atoms with van der Waals surface area (Å²) in [6.07, 6.45) is 3.17. The number of carboxylic acids is 1. The molecule has 0 aromatic heterocycles. The smallest absolute Gasteiger partial charge is 0.306 e. The third kappa shape index (κ3) is 4.29. The molecule has 0 spiro atoms. The summed E-state index contributed by atoms with van der Waals surface area (Å²) < 4.78 is 0. The molecule has 104 valence electrons. The van der Waals surface area contributed by atoms with Crippen LogP contribution in [0.4, 0.5) is 0 Å². The monoisotopic (exact) mass is 256 g/mol. The van der Waals surface area contributed by atoms with Gasteiger partial charge in [0.15, 0.2) is 0 Å². The Morgan fingerprint density at radius 2 is 2.06 bits per heavy atom. The third-order valence-corrected chi connectivity index (χ3v) is 3.58. The molecule has 1 rings (SSSR count). The highest BCUT2D eigenvalue weighted by molar-refractivity contribution is 5.81. The molecule has 18 heavy (non-hydrogen) atoms. The summed E-state index contributed by atoms with van der Waals surface area (Å²) in [4.78, 5) is 22.7. The molecule has 3 atom stereocenters. The fourth-order valence-electron chi connectivity index (χ4n) is 2.58. The van der Waals surface area contributed by atoms with Gasteiger partial charge < -0.3 is 16.2 Å². The van der Waals surface area contributed by atoms with Crippen LogP contribution in [0.25, 0.3) is 0 Å². The lowest BCUT2D eigenvalue weighted by atomic mass is 9.96. The van der Waals surface area contributed by atoms with Crippen LogP contribution in [0.3, 0.4) is 0 Å². The van der Waals surface area contributed by atoms with Gasteiger partial charge in [0.05, 0.1) is 12.0 Å². The molecule has 1 fully saturated rings. The molecule has 1 aliphatic rings. The zero-order valence-corrected chi connectivity index (χ0v) is 11.2. The average Bonchev–Trinajstić information content (AvgIpc) is 2.72. The van der Waals surface area contributed by atoms with Gasteiger partial charge in [-0.15, -0.1) is 0 Å². The molecule has 0 bridgehead atoms. The van der Waals surface area contributed by atoms with Crippen LogP contribution in [0, 0.1) is 17.8 Å². The number of carboxylic acid groups (broad SMARTS) is 1. The Morgan fingerprint density at radius 1 is 1.39 bits per heavy atom. The Morgan fingerprint density at radius 3 is 2.61 bits per heavy atom. The van der Waals surface area contributed by atoms with Crippen molar-refractivity contribution in [3.05, 3.63) is 0 Å². The van der Waals surface area contributed by atoms with Gasteiger partial charge in [-0.2, -0.15) is 0 Å². The molecular weight excluding hydrogens is 232 g/mol. The number of rotatable bonds is 6. The van der Waals surface area contributed by atoms with Crippen molar-refractivity contribution in [3.63, 3.8) is 0 Å². The number of hydrogen-bond donors (Lipinski definition) is 3. The van der Waals surface area contributed by atoms with Crippen LogP contribution in [0.5, 0.6) is 0 Å². The second kappa shape index (κ2) is 6.73. The lowest BCUT2D eigenvalue weighted by molar-refractivity contribution is -0.143. The first kappa shape index (κ1) is 15.0. The molecule has 4 N–H and O–H groups in total. The highest BCUT2D eigenvalue weighted by Crippen LogP contribution is 2.31. The first-order valence-electron chi connectivity index (χ1n) is 6.68. The minimum atomic E-state index is -0.752. The van der Waals surface area contributed by atoms with Crippen LogP contribution in [-0.2, 0) is 9.59 Å². The van der Waals surface area contributed by atoms with E-state index in [4.69, 9.17) is 10.8 Å². The van der Waals surface area contributed by atoms with Crippen molar-refractivity contribution in [2.24, 2.45) is 23.5 Å². The summed E-state index contributed by atoms with van der Waals surface area (Å²) in [6, 6.07) is -0.491. The predicted octanol–water partition coefficient (Wildman–Crippen LogP) is 0.977. The highest BCUT2D eigenvalue weighted by atomic mass is 16.4. The molecule has 1 saturated carbocycles. The van der Waals surface area contributed by atoms with Gasteiger partial charge in [-0.25, -0.2) is 0 Å². The summed E-state index contributed by atoms with van der Waals surface area (Å²) in [7, 11) is 0. The number of amides is 1. The second-order valence-electron chi connectivity index (χ2n) is 5.62. The molecular formula is C13H24N2O3. The molecule has 0 aliphatic heterocycles. The SMILES string of the molecule is CC(C)C[C@@H](N)C(=O)NCC1CCCC1C(=O)O. The Balaban J connectivity index is 2.36. The Bertz CT molecular complexity index is 305. The summed E-state index contributed by atoms with van der Waals surface area (Å²) >= 11 is 0. The molecule has 0 aromatic rings. The highest BCUT2D eigenvalue weighted by Gasteiger charge is 2.33.